The Morgan fingerprint density at radius 2 is 1.61 bits per heavy atom. The predicted molar refractivity (Wildman–Crippen MR) is 121 cm³/mol. The highest BCUT2D eigenvalue weighted by Gasteiger charge is 2.27. The van der Waals surface area contributed by atoms with E-state index in [0.717, 1.165) is 31.2 Å². The molecule has 31 heavy (non-hydrogen) atoms. The lowest BCUT2D eigenvalue weighted by atomic mass is 9.90. The van der Waals surface area contributed by atoms with Crippen molar-refractivity contribution in [3.63, 3.8) is 0 Å². The summed E-state index contributed by atoms with van der Waals surface area (Å²) in [6, 6.07) is 7.77. The first-order valence-electron chi connectivity index (χ1n) is 11.9. The van der Waals surface area contributed by atoms with E-state index < -0.39 is 23.6 Å². The van der Waals surface area contributed by atoms with Crippen molar-refractivity contribution in [3.05, 3.63) is 58.9 Å². The van der Waals surface area contributed by atoms with Crippen LogP contribution in [0.4, 0.5) is 13.2 Å². The summed E-state index contributed by atoms with van der Waals surface area (Å²) in [4.78, 5) is 0. The van der Waals surface area contributed by atoms with Crippen molar-refractivity contribution in [2.45, 2.75) is 84.2 Å². The third kappa shape index (κ3) is 6.12. The van der Waals surface area contributed by atoms with Crippen LogP contribution in [-0.4, -0.2) is 6.61 Å². The maximum Gasteiger partial charge on any atom is 0.167 e. The summed E-state index contributed by atoms with van der Waals surface area (Å²) in [5.74, 6) is -1.94. The van der Waals surface area contributed by atoms with Gasteiger partial charge in [-0.3, -0.25) is 0 Å². The molecule has 3 rings (SSSR count). The molecule has 1 saturated heterocycles. The van der Waals surface area contributed by atoms with Crippen LogP contribution in [0.15, 0.2) is 30.3 Å². The Kier molecular flexibility index (Phi) is 9.01. The molecule has 1 heterocycles. The standard InChI is InChI=1S/C27H35F3O/c1-3-5-6-7-8-10-20-12-16-25(31-18-20)23-15-14-22(26(29)27(23)30)21-13-11-19(9-4-2)17-24(21)28/h11,13-15,17,20,25H,3-10,12,16,18H2,1-2H3. The van der Waals surface area contributed by atoms with E-state index in [1.54, 1.807) is 18.2 Å². The Morgan fingerprint density at radius 1 is 0.839 bits per heavy atom. The molecule has 2 aromatic carbocycles. The molecule has 1 fully saturated rings. The van der Waals surface area contributed by atoms with Crippen LogP contribution >= 0.6 is 0 Å². The van der Waals surface area contributed by atoms with Crippen LogP contribution in [0, 0.1) is 23.4 Å². The third-order valence-electron chi connectivity index (χ3n) is 6.41. The van der Waals surface area contributed by atoms with Crippen molar-refractivity contribution >= 4 is 0 Å². The average Bonchev–Trinajstić information content (AvgIpc) is 2.77. The minimum Gasteiger partial charge on any atom is -0.373 e. The van der Waals surface area contributed by atoms with Crippen LogP contribution in [0.2, 0.25) is 0 Å². The van der Waals surface area contributed by atoms with E-state index in [1.807, 2.05) is 6.92 Å². The van der Waals surface area contributed by atoms with Gasteiger partial charge in [-0.2, -0.15) is 0 Å². The van der Waals surface area contributed by atoms with Crippen LogP contribution in [0.1, 0.15) is 88.9 Å². The van der Waals surface area contributed by atoms with E-state index in [4.69, 9.17) is 4.74 Å². The van der Waals surface area contributed by atoms with E-state index in [9.17, 15) is 13.2 Å². The van der Waals surface area contributed by atoms with Gasteiger partial charge in [-0.05, 0) is 43.2 Å². The van der Waals surface area contributed by atoms with E-state index in [2.05, 4.69) is 6.92 Å². The number of hydrogen-bond donors (Lipinski definition) is 0. The number of benzene rings is 2. The Balaban J connectivity index is 1.64. The maximum absolute atomic E-state index is 14.9. The summed E-state index contributed by atoms with van der Waals surface area (Å²) in [7, 11) is 0. The zero-order chi connectivity index (χ0) is 22.2. The highest BCUT2D eigenvalue weighted by molar-refractivity contribution is 5.66. The van der Waals surface area contributed by atoms with Gasteiger partial charge >= 0.3 is 0 Å². The van der Waals surface area contributed by atoms with E-state index in [1.165, 1.54) is 44.2 Å². The molecule has 0 N–H and O–H groups in total. The van der Waals surface area contributed by atoms with E-state index in [-0.39, 0.29) is 16.7 Å². The van der Waals surface area contributed by atoms with Crippen molar-refractivity contribution in [1.29, 1.82) is 0 Å². The van der Waals surface area contributed by atoms with Gasteiger partial charge in [0.1, 0.15) is 5.82 Å². The zero-order valence-electron chi connectivity index (χ0n) is 18.9. The van der Waals surface area contributed by atoms with Gasteiger partial charge in [0.15, 0.2) is 11.6 Å². The van der Waals surface area contributed by atoms with Crippen LogP contribution in [0.25, 0.3) is 11.1 Å². The average molecular weight is 433 g/mol. The minimum atomic E-state index is -0.999. The topological polar surface area (TPSA) is 9.23 Å². The van der Waals surface area contributed by atoms with Crippen molar-refractivity contribution in [1.82, 2.24) is 0 Å². The largest absolute Gasteiger partial charge is 0.373 e. The van der Waals surface area contributed by atoms with Crippen molar-refractivity contribution in [2.24, 2.45) is 5.92 Å². The quantitative estimate of drug-likeness (QED) is 0.342. The van der Waals surface area contributed by atoms with Gasteiger partial charge in [-0.1, -0.05) is 76.6 Å². The maximum atomic E-state index is 14.9. The second-order valence-electron chi connectivity index (χ2n) is 8.86. The number of rotatable bonds is 10. The Morgan fingerprint density at radius 3 is 2.29 bits per heavy atom. The molecule has 1 nitrogen and oxygen atoms in total. The van der Waals surface area contributed by atoms with Crippen molar-refractivity contribution in [2.75, 3.05) is 6.61 Å². The normalized spacial score (nSPS) is 19.0. The summed E-state index contributed by atoms with van der Waals surface area (Å²) < 4.78 is 50.2. The number of halogens is 3. The smallest absolute Gasteiger partial charge is 0.167 e. The van der Waals surface area contributed by atoms with E-state index in [0.29, 0.717) is 18.9 Å². The molecule has 0 amide bonds. The van der Waals surface area contributed by atoms with Crippen molar-refractivity contribution < 1.29 is 17.9 Å². The lowest BCUT2D eigenvalue weighted by molar-refractivity contribution is -0.0218. The summed E-state index contributed by atoms with van der Waals surface area (Å²) in [5.41, 5.74) is 1.15. The molecule has 170 valence electrons. The zero-order valence-corrected chi connectivity index (χ0v) is 18.9. The molecule has 2 atom stereocenters. The van der Waals surface area contributed by atoms with Gasteiger partial charge in [0.25, 0.3) is 0 Å². The molecular formula is C27H35F3O. The lowest BCUT2D eigenvalue weighted by Gasteiger charge is -2.30. The van der Waals surface area contributed by atoms with Gasteiger partial charge in [-0.25, -0.2) is 13.2 Å². The molecule has 0 aromatic heterocycles. The monoisotopic (exact) mass is 432 g/mol. The second kappa shape index (κ2) is 11.7. The van der Waals surface area contributed by atoms with Gasteiger partial charge in [0, 0.05) is 16.7 Å². The first-order valence-corrected chi connectivity index (χ1v) is 11.9. The van der Waals surface area contributed by atoms with Gasteiger partial charge in [0.05, 0.1) is 12.7 Å². The van der Waals surface area contributed by atoms with Crippen LogP contribution < -0.4 is 0 Å². The molecule has 1 aliphatic heterocycles. The fourth-order valence-electron chi connectivity index (χ4n) is 4.56. The molecular weight excluding hydrogens is 397 g/mol. The summed E-state index contributed by atoms with van der Waals surface area (Å²) in [6.45, 7) is 4.82. The Labute approximate surface area is 185 Å². The van der Waals surface area contributed by atoms with Gasteiger partial charge < -0.3 is 4.74 Å². The molecule has 2 unspecified atom stereocenters. The fraction of sp³-hybridized carbons (Fsp3) is 0.556. The fourth-order valence-corrected chi connectivity index (χ4v) is 4.56. The van der Waals surface area contributed by atoms with Crippen LogP contribution in [0.3, 0.4) is 0 Å². The van der Waals surface area contributed by atoms with E-state index >= 15 is 0 Å². The first kappa shape index (κ1) is 23.8. The minimum absolute atomic E-state index is 0.0393. The molecule has 0 saturated carbocycles. The van der Waals surface area contributed by atoms with Crippen LogP contribution in [-0.2, 0) is 11.2 Å². The second-order valence-corrected chi connectivity index (χ2v) is 8.86. The first-order chi connectivity index (χ1) is 15.0. The highest BCUT2D eigenvalue weighted by Crippen LogP contribution is 2.37. The Bertz CT molecular complexity index is 841. The molecule has 4 heteroatoms. The molecule has 1 aliphatic rings. The molecule has 0 radical (unpaired) electrons. The van der Waals surface area contributed by atoms with Gasteiger partial charge in [0.2, 0.25) is 0 Å². The number of aryl methyl sites for hydroxylation is 1. The molecule has 0 aliphatic carbocycles. The summed E-state index contributed by atoms with van der Waals surface area (Å²) in [6.07, 6.45) is 10.3. The summed E-state index contributed by atoms with van der Waals surface area (Å²) in [5, 5.41) is 0. The molecule has 2 aromatic rings. The number of unbranched alkanes of at least 4 members (excludes halogenated alkanes) is 4. The van der Waals surface area contributed by atoms with Crippen molar-refractivity contribution in [3.8, 4) is 11.1 Å². The Hall–Kier alpha value is -1.81. The van der Waals surface area contributed by atoms with Crippen LogP contribution in [0.5, 0.6) is 0 Å². The molecule has 0 spiro atoms. The van der Waals surface area contributed by atoms with Gasteiger partial charge in [-0.15, -0.1) is 0 Å². The highest BCUT2D eigenvalue weighted by atomic mass is 19.2. The predicted octanol–water partition coefficient (Wildman–Crippen LogP) is 8.55. The summed E-state index contributed by atoms with van der Waals surface area (Å²) >= 11 is 0. The third-order valence-corrected chi connectivity index (χ3v) is 6.41. The SMILES string of the molecule is CCCCCCCC1CCC(c2ccc(-c3ccc(CCC)cc3F)c(F)c2F)OC1. The lowest BCUT2D eigenvalue weighted by Crippen LogP contribution is -2.21. The molecule has 0 bridgehead atoms. The number of hydrogen-bond acceptors (Lipinski definition) is 1. The number of ether oxygens (including phenoxy) is 1.